The highest BCUT2D eigenvalue weighted by Crippen LogP contribution is 2.46. The molecule has 0 aliphatic carbocycles. The third-order valence-corrected chi connectivity index (χ3v) is 7.10. The summed E-state index contributed by atoms with van der Waals surface area (Å²) in [6, 6.07) is 21.3. The zero-order valence-electron chi connectivity index (χ0n) is 20.4. The van der Waals surface area contributed by atoms with Crippen molar-refractivity contribution in [2.24, 2.45) is 14.1 Å². The molecule has 0 saturated carbocycles. The lowest BCUT2D eigenvalue weighted by atomic mass is 9.98. The van der Waals surface area contributed by atoms with Crippen LogP contribution in [0.3, 0.4) is 0 Å². The van der Waals surface area contributed by atoms with Gasteiger partial charge < -0.3 is 9.88 Å². The van der Waals surface area contributed by atoms with Crippen molar-refractivity contribution >= 4 is 22.3 Å². The van der Waals surface area contributed by atoms with Gasteiger partial charge in [0.25, 0.3) is 11.2 Å². The number of aromatic nitrogens is 3. The van der Waals surface area contributed by atoms with E-state index in [1.807, 2.05) is 60.0 Å². The first-order chi connectivity index (χ1) is 17.8. The number of fused-ring (bicyclic) bond motifs is 5. The van der Waals surface area contributed by atoms with E-state index in [1.165, 1.54) is 17.7 Å². The van der Waals surface area contributed by atoms with Crippen LogP contribution in [-0.2, 0) is 14.1 Å². The molecule has 184 valence electrons. The number of anilines is 1. The molecule has 0 bridgehead atoms. The second-order valence-corrected chi connectivity index (χ2v) is 9.28. The Bertz CT molecular complexity index is 1860. The summed E-state index contributed by atoms with van der Waals surface area (Å²) in [5, 5.41) is 15.9. The number of nitro benzene ring substituents is 1. The number of rotatable bonds is 3. The van der Waals surface area contributed by atoms with Crippen molar-refractivity contribution in [1.29, 1.82) is 0 Å². The fourth-order valence-electron chi connectivity index (χ4n) is 5.33. The van der Waals surface area contributed by atoms with Crippen LogP contribution in [0, 0.1) is 17.0 Å². The monoisotopic (exact) mass is 493 g/mol. The van der Waals surface area contributed by atoms with Crippen molar-refractivity contribution in [3.63, 3.8) is 0 Å². The van der Waals surface area contributed by atoms with Crippen LogP contribution in [0.15, 0.2) is 82.4 Å². The van der Waals surface area contributed by atoms with Crippen molar-refractivity contribution < 1.29 is 4.92 Å². The Morgan fingerprint density at radius 1 is 0.892 bits per heavy atom. The van der Waals surface area contributed by atoms with Gasteiger partial charge in [0.15, 0.2) is 0 Å². The molecule has 9 nitrogen and oxygen atoms in total. The molecule has 6 rings (SSSR count). The average molecular weight is 494 g/mol. The minimum Gasteiger partial charge on any atom is -0.371 e. The van der Waals surface area contributed by atoms with E-state index in [0.717, 1.165) is 27.1 Å². The summed E-state index contributed by atoms with van der Waals surface area (Å²) in [5.41, 5.74) is 4.58. The summed E-state index contributed by atoms with van der Waals surface area (Å²) in [5.74, 6) is 0. The van der Waals surface area contributed by atoms with Crippen LogP contribution in [0.4, 0.5) is 11.4 Å². The van der Waals surface area contributed by atoms with Gasteiger partial charge in [-0.15, -0.1) is 0 Å². The van der Waals surface area contributed by atoms with E-state index >= 15 is 0 Å². The fraction of sp³-hybridized carbons (Fsp3) is 0.143. The molecule has 9 heteroatoms. The number of nitrogens with one attached hydrogen (secondary N) is 1. The van der Waals surface area contributed by atoms with Crippen LogP contribution in [-0.4, -0.2) is 18.6 Å². The van der Waals surface area contributed by atoms with Crippen LogP contribution in [0.5, 0.6) is 0 Å². The third-order valence-electron chi connectivity index (χ3n) is 7.10. The Kier molecular flexibility index (Phi) is 4.91. The first kappa shape index (κ1) is 22.5. The third kappa shape index (κ3) is 3.17. The molecule has 0 radical (unpaired) electrons. The van der Waals surface area contributed by atoms with E-state index in [-0.39, 0.29) is 5.69 Å². The molecule has 3 aromatic carbocycles. The predicted molar refractivity (Wildman–Crippen MR) is 142 cm³/mol. The number of hydrogen-bond acceptors (Lipinski definition) is 5. The van der Waals surface area contributed by atoms with Gasteiger partial charge in [0.2, 0.25) is 0 Å². The van der Waals surface area contributed by atoms with E-state index in [1.54, 1.807) is 25.2 Å². The number of nitro groups is 1. The van der Waals surface area contributed by atoms with Gasteiger partial charge >= 0.3 is 5.69 Å². The molecule has 0 spiro atoms. The Balaban J connectivity index is 1.87. The Labute approximate surface area is 211 Å². The molecular formula is C28H23N5O4. The average Bonchev–Trinajstić information content (AvgIpc) is 3.27. The van der Waals surface area contributed by atoms with Gasteiger partial charge in [0, 0.05) is 20.2 Å². The van der Waals surface area contributed by atoms with Crippen molar-refractivity contribution in [3.05, 3.63) is 121 Å². The van der Waals surface area contributed by atoms with Gasteiger partial charge in [0.05, 0.1) is 44.2 Å². The smallest absolute Gasteiger partial charge is 0.331 e. The molecule has 1 aliphatic rings. The van der Waals surface area contributed by atoms with Crippen molar-refractivity contribution in [2.75, 3.05) is 5.32 Å². The van der Waals surface area contributed by atoms with Crippen LogP contribution in [0.25, 0.3) is 27.8 Å². The zero-order valence-corrected chi connectivity index (χ0v) is 20.4. The van der Waals surface area contributed by atoms with Crippen LogP contribution in [0.1, 0.15) is 22.9 Å². The summed E-state index contributed by atoms with van der Waals surface area (Å²) in [4.78, 5) is 38.5. The van der Waals surface area contributed by atoms with Crippen molar-refractivity contribution in [1.82, 2.24) is 13.7 Å². The second kappa shape index (κ2) is 8.06. The van der Waals surface area contributed by atoms with Gasteiger partial charge in [-0.3, -0.25) is 24.0 Å². The Morgan fingerprint density at radius 2 is 1.57 bits per heavy atom. The van der Waals surface area contributed by atoms with Crippen molar-refractivity contribution in [3.8, 4) is 16.9 Å². The normalized spacial score (nSPS) is 14.2. The van der Waals surface area contributed by atoms with Gasteiger partial charge in [-0.05, 0) is 30.7 Å². The first-order valence-corrected chi connectivity index (χ1v) is 11.8. The topological polar surface area (TPSA) is 104 Å². The molecule has 0 unspecified atom stereocenters. The van der Waals surface area contributed by atoms with E-state index in [0.29, 0.717) is 27.9 Å². The van der Waals surface area contributed by atoms with Gasteiger partial charge in [0.1, 0.15) is 6.04 Å². The highest BCUT2D eigenvalue weighted by atomic mass is 16.6. The van der Waals surface area contributed by atoms with E-state index < -0.39 is 22.2 Å². The molecule has 1 atom stereocenters. The summed E-state index contributed by atoms with van der Waals surface area (Å²) in [6.45, 7) is 1.99. The van der Waals surface area contributed by atoms with E-state index in [4.69, 9.17) is 0 Å². The fourth-order valence-corrected chi connectivity index (χ4v) is 5.33. The molecule has 1 N–H and O–H groups in total. The standard InChI is InChI=1S/C28H23N5O4/c1-16-12-14-17(15-13-16)24-22-25(30(2)28(35)31(3)27(22)34)26-23(18-8-4-6-10-20(18)33(36)37)29-19-9-5-7-11-21(19)32(24)26/h4-15,23,29H,1-3H3/t23-/m1/s1. The van der Waals surface area contributed by atoms with Crippen molar-refractivity contribution in [2.45, 2.75) is 13.0 Å². The highest BCUT2D eigenvalue weighted by molar-refractivity contribution is 5.99. The Morgan fingerprint density at radius 3 is 2.30 bits per heavy atom. The van der Waals surface area contributed by atoms with Gasteiger partial charge in [-0.25, -0.2) is 4.79 Å². The van der Waals surface area contributed by atoms with Gasteiger partial charge in [-0.2, -0.15) is 0 Å². The van der Waals surface area contributed by atoms with Crippen LogP contribution in [0.2, 0.25) is 0 Å². The first-order valence-electron chi connectivity index (χ1n) is 11.8. The number of nitrogens with zero attached hydrogens (tertiary/aromatic N) is 4. The Hall–Kier alpha value is -4.92. The molecule has 0 fully saturated rings. The van der Waals surface area contributed by atoms with E-state index in [9.17, 15) is 19.7 Å². The zero-order chi connectivity index (χ0) is 26.0. The minimum absolute atomic E-state index is 0.0500. The minimum atomic E-state index is -0.698. The highest BCUT2D eigenvalue weighted by Gasteiger charge is 2.37. The quantitative estimate of drug-likeness (QED) is 0.296. The molecular weight excluding hydrogens is 470 g/mol. The molecule has 5 aromatic rings. The largest absolute Gasteiger partial charge is 0.371 e. The molecule has 3 heterocycles. The predicted octanol–water partition coefficient (Wildman–Crippen LogP) is 4.43. The lowest BCUT2D eigenvalue weighted by Gasteiger charge is -2.31. The summed E-state index contributed by atoms with van der Waals surface area (Å²) in [6.07, 6.45) is 0. The summed E-state index contributed by atoms with van der Waals surface area (Å²) >= 11 is 0. The van der Waals surface area contributed by atoms with Gasteiger partial charge in [-0.1, -0.05) is 54.1 Å². The maximum absolute atomic E-state index is 13.7. The molecule has 2 aromatic heterocycles. The molecule has 0 saturated heterocycles. The van der Waals surface area contributed by atoms with Crippen LogP contribution >= 0.6 is 0 Å². The molecule has 1 aliphatic heterocycles. The number of hydrogen-bond donors (Lipinski definition) is 1. The maximum Gasteiger partial charge on any atom is 0.331 e. The SMILES string of the molecule is Cc1ccc(-c2c3c(=O)n(C)c(=O)n(C)c3c3n2-c2ccccc2N[C@@H]3c2ccccc2[N+](=O)[O-])cc1. The lowest BCUT2D eigenvalue weighted by molar-refractivity contribution is -0.385. The molecule has 0 amide bonds. The summed E-state index contributed by atoms with van der Waals surface area (Å²) in [7, 11) is 3.09. The number of aryl methyl sites for hydroxylation is 2. The maximum atomic E-state index is 13.7. The second-order valence-electron chi connectivity index (χ2n) is 9.28. The van der Waals surface area contributed by atoms with E-state index in [2.05, 4.69) is 5.32 Å². The summed E-state index contributed by atoms with van der Waals surface area (Å²) < 4.78 is 4.53. The van der Waals surface area contributed by atoms with Crippen LogP contribution < -0.4 is 16.6 Å². The number of benzene rings is 3. The number of para-hydroxylation sites is 3. The lowest BCUT2D eigenvalue weighted by Crippen LogP contribution is -2.37. The molecule has 37 heavy (non-hydrogen) atoms.